The standard InChI is InChI=1S/C18H20ClN5OS/c1-12-5-6-13(19)16-15(12)22-18(26-16)24(10-4-9-23(2)3)17(25)14-11-20-7-8-21-14/h5-8,11H,4,9-10H2,1-3H3. The second-order valence-corrected chi connectivity index (χ2v) is 7.63. The van der Waals surface area contributed by atoms with Gasteiger partial charge in [0.25, 0.3) is 5.91 Å². The summed E-state index contributed by atoms with van der Waals surface area (Å²) in [6.07, 6.45) is 5.37. The monoisotopic (exact) mass is 389 g/mol. The first kappa shape index (κ1) is 18.7. The van der Waals surface area contributed by atoms with Crippen molar-refractivity contribution in [3.05, 3.63) is 47.0 Å². The molecule has 0 N–H and O–H groups in total. The van der Waals surface area contributed by atoms with Gasteiger partial charge in [-0.1, -0.05) is 29.0 Å². The number of hydrogen-bond donors (Lipinski definition) is 0. The zero-order valence-corrected chi connectivity index (χ0v) is 16.5. The van der Waals surface area contributed by atoms with Crippen LogP contribution in [0.1, 0.15) is 22.5 Å². The molecule has 0 aliphatic heterocycles. The predicted molar refractivity (Wildman–Crippen MR) is 106 cm³/mol. The number of thiazole rings is 1. The van der Waals surface area contributed by atoms with Gasteiger partial charge < -0.3 is 4.90 Å². The van der Waals surface area contributed by atoms with Crippen LogP contribution in [0.4, 0.5) is 5.13 Å². The number of carbonyl (C=O) groups is 1. The van der Waals surface area contributed by atoms with Gasteiger partial charge in [-0.2, -0.15) is 0 Å². The Balaban J connectivity index is 1.98. The SMILES string of the molecule is Cc1ccc(Cl)c2sc(N(CCCN(C)C)C(=O)c3cnccn3)nc12. The lowest BCUT2D eigenvalue weighted by atomic mass is 10.2. The minimum atomic E-state index is -0.204. The molecule has 1 amide bonds. The average molecular weight is 390 g/mol. The second kappa shape index (κ2) is 8.07. The summed E-state index contributed by atoms with van der Waals surface area (Å²) in [5, 5.41) is 1.28. The Morgan fingerprint density at radius 3 is 2.69 bits per heavy atom. The molecule has 0 bridgehead atoms. The summed E-state index contributed by atoms with van der Waals surface area (Å²) in [6, 6.07) is 3.80. The Labute approximate surface area is 161 Å². The molecule has 1 aromatic carbocycles. The number of hydrogen-bond acceptors (Lipinski definition) is 6. The lowest BCUT2D eigenvalue weighted by molar-refractivity contribution is 0.0981. The van der Waals surface area contributed by atoms with Gasteiger partial charge in [0.15, 0.2) is 5.13 Å². The summed E-state index contributed by atoms with van der Waals surface area (Å²) in [4.78, 5) is 29.6. The van der Waals surface area contributed by atoms with Crippen LogP contribution in [0.25, 0.3) is 10.2 Å². The molecule has 0 spiro atoms. The molecule has 6 nitrogen and oxygen atoms in total. The fraction of sp³-hybridized carbons (Fsp3) is 0.333. The van der Waals surface area contributed by atoms with E-state index < -0.39 is 0 Å². The van der Waals surface area contributed by atoms with Crippen LogP contribution in [0.15, 0.2) is 30.7 Å². The number of nitrogens with zero attached hydrogens (tertiary/aromatic N) is 5. The minimum Gasteiger partial charge on any atom is -0.309 e. The maximum absolute atomic E-state index is 13.0. The Morgan fingerprint density at radius 2 is 2.04 bits per heavy atom. The van der Waals surface area contributed by atoms with Crippen LogP contribution in [-0.4, -0.2) is 52.9 Å². The molecule has 0 aliphatic carbocycles. The predicted octanol–water partition coefficient (Wildman–Crippen LogP) is 3.65. The molecule has 0 aliphatic rings. The topological polar surface area (TPSA) is 62.2 Å². The summed E-state index contributed by atoms with van der Waals surface area (Å²) < 4.78 is 0.895. The van der Waals surface area contributed by atoms with Gasteiger partial charge in [0.05, 0.1) is 21.4 Å². The Morgan fingerprint density at radius 1 is 1.23 bits per heavy atom. The fourth-order valence-corrected chi connectivity index (χ4v) is 3.92. The summed E-state index contributed by atoms with van der Waals surface area (Å²) in [7, 11) is 4.02. The van der Waals surface area contributed by atoms with Crippen LogP contribution < -0.4 is 4.90 Å². The van der Waals surface area contributed by atoms with Crippen LogP contribution in [0.2, 0.25) is 5.02 Å². The van der Waals surface area contributed by atoms with Crippen molar-refractivity contribution < 1.29 is 4.79 Å². The van der Waals surface area contributed by atoms with Crippen LogP contribution in [0.3, 0.4) is 0 Å². The quantitative estimate of drug-likeness (QED) is 0.644. The number of halogens is 1. The molecular formula is C18H20ClN5OS. The molecule has 0 radical (unpaired) electrons. The van der Waals surface area contributed by atoms with Crippen molar-refractivity contribution in [2.75, 3.05) is 32.1 Å². The molecule has 0 atom stereocenters. The van der Waals surface area contributed by atoms with Crippen LogP contribution in [0.5, 0.6) is 0 Å². The first-order valence-electron chi connectivity index (χ1n) is 8.25. The molecule has 0 fully saturated rings. The van der Waals surface area contributed by atoms with Gasteiger partial charge in [0.2, 0.25) is 0 Å². The minimum absolute atomic E-state index is 0.204. The van der Waals surface area contributed by atoms with E-state index in [9.17, 15) is 4.79 Å². The number of carbonyl (C=O) groups excluding carboxylic acids is 1. The molecule has 2 aromatic heterocycles. The van der Waals surface area contributed by atoms with E-state index >= 15 is 0 Å². The Kier molecular flexibility index (Phi) is 5.80. The van der Waals surface area contributed by atoms with Crippen molar-refractivity contribution in [2.45, 2.75) is 13.3 Å². The summed E-state index contributed by atoms with van der Waals surface area (Å²) in [5.74, 6) is -0.204. The highest BCUT2D eigenvalue weighted by Gasteiger charge is 2.23. The highest BCUT2D eigenvalue weighted by Crippen LogP contribution is 2.36. The summed E-state index contributed by atoms with van der Waals surface area (Å²) >= 11 is 7.76. The van der Waals surface area contributed by atoms with Crippen molar-refractivity contribution in [3.8, 4) is 0 Å². The van der Waals surface area contributed by atoms with Gasteiger partial charge in [-0.15, -0.1) is 0 Å². The first-order chi connectivity index (χ1) is 12.5. The smallest absolute Gasteiger partial charge is 0.280 e. The molecule has 2 heterocycles. The largest absolute Gasteiger partial charge is 0.309 e. The number of anilines is 1. The number of rotatable bonds is 6. The third kappa shape index (κ3) is 4.00. The highest BCUT2D eigenvalue weighted by molar-refractivity contribution is 7.23. The van der Waals surface area contributed by atoms with Gasteiger partial charge in [0, 0.05) is 18.9 Å². The number of fused-ring (bicyclic) bond motifs is 1. The van der Waals surface area contributed by atoms with E-state index in [1.165, 1.54) is 23.7 Å². The van der Waals surface area contributed by atoms with Crippen molar-refractivity contribution in [1.82, 2.24) is 19.9 Å². The first-order valence-corrected chi connectivity index (χ1v) is 9.45. The van der Waals surface area contributed by atoms with E-state index in [0.717, 1.165) is 28.7 Å². The van der Waals surface area contributed by atoms with E-state index in [2.05, 4.69) is 14.9 Å². The lowest BCUT2D eigenvalue weighted by Gasteiger charge is -2.20. The zero-order valence-electron chi connectivity index (χ0n) is 14.9. The molecule has 8 heteroatoms. The third-order valence-electron chi connectivity index (χ3n) is 3.93. The van der Waals surface area contributed by atoms with Gasteiger partial charge in [0.1, 0.15) is 5.69 Å². The number of benzene rings is 1. The summed E-state index contributed by atoms with van der Waals surface area (Å²) in [5.41, 5.74) is 2.17. The second-order valence-electron chi connectivity index (χ2n) is 6.24. The van der Waals surface area contributed by atoms with Crippen LogP contribution in [-0.2, 0) is 0 Å². The van der Waals surface area contributed by atoms with Gasteiger partial charge >= 0.3 is 0 Å². The van der Waals surface area contributed by atoms with Crippen molar-refractivity contribution in [2.24, 2.45) is 0 Å². The number of aromatic nitrogens is 3. The summed E-state index contributed by atoms with van der Waals surface area (Å²) in [6.45, 7) is 3.40. The molecule has 26 heavy (non-hydrogen) atoms. The van der Waals surface area contributed by atoms with Crippen molar-refractivity contribution in [1.29, 1.82) is 0 Å². The molecule has 0 saturated heterocycles. The lowest BCUT2D eigenvalue weighted by Crippen LogP contribution is -2.34. The number of amides is 1. The normalized spacial score (nSPS) is 11.3. The van der Waals surface area contributed by atoms with E-state index in [1.54, 1.807) is 11.1 Å². The van der Waals surface area contributed by atoms with Gasteiger partial charge in [-0.05, 0) is 45.6 Å². The molecule has 3 aromatic rings. The zero-order chi connectivity index (χ0) is 18.7. The number of aryl methyl sites for hydroxylation is 1. The average Bonchev–Trinajstić information content (AvgIpc) is 3.08. The molecule has 3 rings (SSSR count). The third-order valence-corrected chi connectivity index (χ3v) is 5.47. The van der Waals surface area contributed by atoms with E-state index in [0.29, 0.717) is 22.4 Å². The highest BCUT2D eigenvalue weighted by atomic mass is 35.5. The van der Waals surface area contributed by atoms with Crippen LogP contribution >= 0.6 is 22.9 Å². The van der Waals surface area contributed by atoms with Crippen molar-refractivity contribution in [3.63, 3.8) is 0 Å². The van der Waals surface area contributed by atoms with E-state index in [4.69, 9.17) is 16.6 Å². The Bertz CT molecular complexity index is 874. The van der Waals surface area contributed by atoms with E-state index in [1.807, 2.05) is 33.2 Å². The maximum atomic E-state index is 13.0. The maximum Gasteiger partial charge on any atom is 0.280 e. The van der Waals surface area contributed by atoms with Gasteiger partial charge in [-0.25, -0.2) is 9.97 Å². The molecule has 0 saturated carbocycles. The molecule has 0 unspecified atom stereocenters. The van der Waals surface area contributed by atoms with Crippen LogP contribution in [0, 0.1) is 6.92 Å². The van der Waals surface area contributed by atoms with E-state index in [-0.39, 0.29) is 5.91 Å². The molecule has 136 valence electrons. The van der Waals surface area contributed by atoms with Crippen molar-refractivity contribution >= 4 is 44.2 Å². The molecular weight excluding hydrogens is 370 g/mol. The fourth-order valence-electron chi connectivity index (χ4n) is 2.58. The Hall–Kier alpha value is -2.09. The van der Waals surface area contributed by atoms with Gasteiger partial charge in [-0.3, -0.25) is 14.7 Å².